The fourth-order valence-electron chi connectivity index (χ4n) is 1.06. The number of carbonyl (C=O) groups excluding carboxylic acids is 3. The first kappa shape index (κ1) is 15.3. The molecular formula is C11H10Cl2N2O4. The number of hydrogen-bond acceptors (Lipinski definition) is 4. The van der Waals surface area contributed by atoms with E-state index in [-0.39, 0.29) is 10.6 Å². The first-order valence-corrected chi connectivity index (χ1v) is 5.83. The summed E-state index contributed by atoms with van der Waals surface area (Å²) >= 11 is 11.5. The third kappa shape index (κ3) is 5.15. The number of nitrogens with one attached hydrogen (secondary N) is 2. The van der Waals surface area contributed by atoms with Crippen molar-refractivity contribution in [2.45, 2.75) is 6.92 Å². The van der Waals surface area contributed by atoms with Gasteiger partial charge in [0.15, 0.2) is 6.61 Å². The molecule has 0 radical (unpaired) electrons. The number of hydrogen-bond donors (Lipinski definition) is 2. The number of halogens is 2. The standard InChI is InChI=1S/C11H10Cl2N2O4/c1-6(16)14-15-10(17)5-19-11(18)8-3-2-7(12)4-9(8)13/h2-4H,5H2,1H3,(H,14,16)(H,15,17). The van der Waals surface area contributed by atoms with Gasteiger partial charge in [0, 0.05) is 11.9 Å². The van der Waals surface area contributed by atoms with Gasteiger partial charge in [-0.05, 0) is 18.2 Å². The molecule has 0 atom stereocenters. The molecule has 0 aromatic heterocycles. The second-order valence-corrected chi connectivity index (χ2v) is 4.27. The summed E-state index contributed by atoms with van der Waals surface area (Å²) in [4.78, 5) is 33.3. The Morgan fingerprint density at radius 2 is 1.89 bits per heavy atom. The van der Waals surface area contributed by atoms with Crippen molar-refractivity contribution in [3.05, 3.63) is 33.8 Å². The Hall–Kier alpha value is -1.79. The van der Waals surface area contributed by atoms with Crippen molar-refractivity contribution in [2.75, 3.05) is 6.61 Å². The van der Waals surface area contributed by atoms with Gasteiger partial charge in [0.1, 0.15) is 0 Å². The summed E-state index contributed by atoms with van der Waals surface area (Å²) in [7, 11) is 0. The molecule has 102 valence electrons. The molecule has 19 heavy (non-hydrogen) atoms. The van der Waals surface area contributed by atoms with Crippen LogP contribution < -0.4 is 10.9 Å². The van der Waals surface area contributed by atoms with E-state index in [2.05, 4.69) is 5.43 Å². The molecule has 6 nitrogen and oxygen atoms in total. The molecule has 0 bridgehead atoms. The molecule has 0 heterocycles. The number of rotatable bonds is 3. The van der Waals surface area contributed by atoms with Gasteiger partial charge >= 0.3 is 5.97 Å². The number of carbonyl (C=O) groups is 3. The van der Waals surface area contributed by atoms with Crippen LogP contribution in [-0.4, -0.2) is 24.4 Å². The summed E-state index contributed by atoms with van der Waals surface area (Å²) in [5.74, 6) is -1.88. The minimum absolute atomic E-state index is 0.0957. The second kappa shape index (κ2) is 6.96. The van der Waals surface area contributed by atoms with Crippen LogP contribution in [0.1, 0.15) is 17.3 Å². The first-order valence-electron chi connectivity index (χ1n) is 5.07. The van der Waals surface area contributed by atoms with Crippen LogP contribution in [0.15, 0.2) is 18.2 Å². The van der Waals surface area contributed by atoms with Gasteiger partial charge in [-0.1, -0.05) is 23.2 Å². The zero-order chi connectivity index (χ0) is 14.4. The average molecular weight is 305 g/mol. The fraction of sp³-hybridized carbons (Fsp3) is 0.182. The van der Waals surface area contributed by atoms with Crippen molar-refractivity contribution in [3.63, 3.8) is 0 Å². The van der Waals surface area contributed by atoms with Crippen LogP contribution in [-0.2, 0) is 14.3 Å². The summed E-state index contributed by atoms with van der Waals surface area (Å²) in [6.07, 6.45) is 0. The molecule has 0 fully saturated rings. The van der Waals surface area contributed by atoms with Gasteiger partial charge in [0.05, 0.1) is 10.6 Å². The average Bonchev–Trinajstić information content (AvgIpc) is 2.33. The van der Waals surface area contributed by atoms with Gasteiger partial charge in [0.2, 0.25) is 5.91 Å². The summed E-state index contributed by atoms with van der Waals surface area (Å²) in [5, 5.41) is 0.504. The molecule has 1 aromatic rings. The smallest absolute Gasteiger partial charge is 0.340 e. The number of ether oxygens (including phenoxy) is 1. The molecule has 0 unspecified atom stereocenters. The molecule has 0 saturated heterocycles. The highest BCUT2D eigenvalue weighted by Crippen LogP contribution is 2.21. The molecule has 0 aliphatic carbocycles. The van der Waals surface area contributed by atoms with Crippen molar-refractivity contribution in [2.24, 2.45) is 0 Å². The van der Waals surface area contributed by atoms with E-state index in [4.69, 9.17) is 27.9 Å². The predicted molar refractivity (Wildman–Crippen MR) is 68.7 cm³/mol. The Bertz CT molecular complexity index is 519. The van der Waals surface area contributed by atoms with Crippen molar-refractivity contribution in [1.82, 2.24) is 10.9 Å². The molecule has 8 heteroatoms. The monoisotopic (exact) mass is 304 g/mol. The SMILES string of the molecule is CC(=O)NNC(=O)COC(=O)c1ccc(Cl)cc1Cl. The molecular weight excluding hydrogens is 295 g/mol. The highest BCUT2D eigenvalue weighted by atomic mass is 35.5. The minimum atomic E-state index is -0.764. The fourth-order valence-corrected chi connectivity index (χ4v) is 1.54. The lowest BCUT2D eigenvalue weighted by Gasteiger charge is -2.07. The molecule has 1 rings (SSSR count). The van der Waals surface area contributed by atoms with Gasteiger partial charge in [0.25, 0.3) is 5.91 Å². The largest absolute Gasteiger partial charge is 0.452 e. The van der Waals surface area contributed by atoms with E-state index >= 15 is 0 Å². The first-order chi connectivity index (χ1) is 8.90. The summed E-state index contributed by atoms with van der Waals surface area (Å²) in [5.41, 5.74) is 4.19. The number of esters is 1. The van der Waals surface area contributed by atoms with Crippen molar-refractivity contribution in [3.8, 4) is 0 Å². The van der Waals surface area contributed by atoms with Gasteiger partial charge in [-0.15, -0.1) is 0 Å². The zero-order valence-corrected chi connectivity index (χ0v) is 11.3. The minimum Gasteiger partial charge on any atom is -0.452 e. The molecule has 0 aliphatic rings. The molecule has 0 aliphatic heterocycles. The van der Waals surface area contributed by atoms with E-state index in [1.807, 2.05) is 5.43 Å². The Kier molecular flexibility index (Phi) is 5.59. The van der Waals surface area contributed by atoms with Crippen LogP contribution in [0.25, 0.3) is 0 Å². The van der Waals surface area contributed by atoms with Gasteiger partial charge in [-0.25, -0.2) is 4.79 Å². The summed E-state index contributed by atoms with van der Waals surface area (Å²) in [6.45, 7) is 0.678. The van der Waals surface area contributed by atoms with E-state index in [0.29, 0.717) is 5.02 Å². The second-order valence-electron chi connectivity index (χ2n) is 3.43. The molecule has 2 N–H and O–H groups in total. The van der Waals surface area contributed by atoms with Gasteiger partial charge < -0.3 is 4.74 Å². The molecule has 2 amide bonds. The van der Waals surface area contributed by atoms with Crippen LogP contribution in [0.3, 0.4) is 0 Å². The van der Waals surface area contributed by atoms with Gasteiger partial charge in [-0.2, -0.15) is 0 Å². The lowest BCUT2D eigenvalue weighted by molar-refractivity contribution is -0.129. The van der Waals surface area contributed by atoms with E-state index in [0.717, 1.165) is 0 Å². The highest BCUT2D eigenvalue weighted by molar-refractivity contribution is 6.36. The number of benzene rings is 1. The molecule has 1 aromatic carbocycles. The third-order valence-electron chi connectivity index (χ3n) is 1.86. The number of hydrazine groups is 1. The van der Waals surface area contributed by atoms with Crippen LogP contribution in [0.2, 0.25) is 10.0 Å². The predicted octanol–water partition coefficient (Wildman–Crippen LogP) is 1.32. The maximum atomic E-state index is 11.6. The normalized spacial score (nSPS) is 9.63. The van der Waals surface area contributed by atoms with E-state index < -0.39 is 24.4 Å². The zero-order valence-electron chi connectivity index (χ0n) is 9.83. The maximum Gasteiger partial charge on any atom is 0.340 e. The van der Waals surface area contributed by atoms with Crippen molar-refractivity contribution in [1.29, 1.82) is 0 Å². The lowest BCUT2D eigenvalue weighted by Crippen LogP contribution is -2.42. The Balaban J connectivity index is 2.51. The topological polar surface area (TPSA) is 84.5 Å². The Morgan fingerprint density at radius 3 is 2.47 bits per heavy atom. The van der Waals surface area contributed by atoms with Crippen molar-refractivity contribution >= 4 is 41.0 Å². The quantitative estimate of drug-likeness (QED) is 0.651. The van der Waals surface area contributed by atoms with E-state index in [1.165, 1.54) is 25.1 Å². The van der Waals surface area contributed by atoms with Crippen LogP contribution in [0.4, 0.5) is 0 Å². The lowest BCUT2D eigenvalue weighted by atomic mass is 10.2. The van der Waals surface area contributed by atoms with Crippen LogP contribution in [0, 0.1) is 0 Å². The van der Waals surface area contributed by atoms with Crippen molar-refractivity contribution < 1.29 is 19.1 Å². The third-order valence-corrected chi connectivity index (χ3v) is 2.41. The van der Waals surface area contributed by atoms with E-state index in [1.54, 1.807) is 0 Å². The molecule has 0 spiro atoms. The van der Waals surface area contributed by atoms with E-state index in [9.17, 15) is 14.4 Å². The Labute approximate surface area is 119 Å². The highest BCUT2D eigenvalue weighted by Gasteiger charge is 2.14. The van der Waals surface area contributed by atoms with Crippen LogP contribution in [0.5, 0.6) is 0 Å². The summed E-state index contributed by atoms with van der Waals surface area (Å²) < 4.78 is 4.71. The van der Waals surface area contributed by atoms with Gasteiger partial charge in [-0.3, -0.25) is 20.4 Å². The molecule has 0 saturated carbocycles. The van der Waals surface area contributed by atoms with Crippen LogP contribution >= 0.6 is 23.2 Å². The Morgan fingerprint density at radius 1 is 1.21 bits per heavy atom. The maximum absolute atomic E-state index is 11.6. The summed E-state index contributed by atoms with van der Waals surface area (Å²) in [6, 6.07) is 4.25. The number of amides is 2.